The first-order valence-electron chi connectivity index (χ1n) is 5.06. The van der Waals surface area contributed by atoms with E-state index < -0.39 is 0 Å². The largest absolute Gasteiger partial charge is 0.497 e. The van der Waals surface area contributed by atoms with Gasteiger partial charge in [-0.2, -0.15) is 9.61 Å². The quantitative estimate of drug-likeness (QED) is 0.663. The highest BCUT2D eigenvalue weighted by molar-refractivity contribution is 6.34. The van der Waals surface area contributed by atoms with Crippen LogP contribution in [-0.4, -0.2) is 26.9 Å². The van der Waals surface area contributed by atoms with Crippen molar-refractivity contribution in [3.8, 4) is 5.75 Å². The van der Waals surface area contributed by atoms with E-state index in [-0.39, 0.29) is 0 Å². The predicted molar refractivity (Wildman–Crippen MR) is 64.6 cm³/mol. The predicted octanol–water partition coefficient (Wildman–Crippen LogP) is 2.25. The van der Waals surface area contributed by atoms with Gasteiger partial charge < -0.3 is 4.74 Å². The molecule has 0 unspecified atom stereocenters. The van der Waals surface area contributed by atoms with Crippen LogP contribution >= 0.6 is 11.6 Å². The summed E-state index contributed by atoms with van der Waals surface area (Å²) < 4.78 is 6.83. The number of fused-ring (bicyclic) bond motifs is 3. The SMILES string of the molecule is COc1ccc2c(Cl)nn3c(C)nnc3c2c1. The second-order valence-electron chi connectivity index (χ2n) is 3.68. The van der Waals surface area contributed by atoms with Gasteiger partial charge in [-0.25, -0.2) is 0 Å². The maximum Gasteiger partial charge on any atom is 0.185 e. The van der Waals surface area contributed by atoms with E-state index in [1.54, 1.807) is 11.6 Å². The Morgan fingerprint density at radius 2 is 2.06 bits per heavy atom. The molecular formula is C11H9ClN4O. The normalized spacial score (nSPS) is 11.2. The summed E-state index contributed by atoms with van der Waals surface area (Å²) >= 11 is 6.13. The van der Waals surface area contributed by atoms with Crippen LogP contribution in [0.2, 0.25) is 5.15 Å². The number of aromatic nitrogens is 4. The highest BCUT2D eigenvalue weighted by atomic mass is 35.5. The van der Waals surface area contributed by atoms with Crippen LogP contribution in [0.4, 0.5) is 0 Å². The molecule has 3 rings (SSSR count). The van der Waals surface area contributed by atoms with Crippen molar-refractivity contribution in [2.24, 2.45) is 0 Å². The Bertz CT molecular complexity index is 722. The van der Waals surface area contributed by atoms with Gasteiger partial charge in [0, 0.05) is 10.8 Å². The summed E-state index contributed by atoms with van der Waals surface area (Å²) in [6, 6.07) is 5.59. The van der Waals surface area contributed by atoms with Gasteiger partial charge in [0.25, 0.3) is 0 Å². The van der Waals surface area contributed by atoms with Gasteiger partial charge in [0.2, 0.25) is 0 Å². The lowest BCUT2D eigenvalue weighted by molar-refractivity contribution is 0.415. The molecule has 6 heteroatoms. The number of hydrogen-bond acceptors (Lipinski definition) is 4. The first-order chi connectivity index (χ1) is 8.20. The molecule has 17 heavy (non-hydrogen) atoms. The third kappa shape index (κ3) is 1.43. The number of rotatable bonds is 1. The van der Waals surface area contributed by atoms with E-state index in [4.69, 9.17) is 16.3 Å². The van der Waals surface area contributed by atoms with Gasteiger partial charge in [0.1, 0.15) is 5.75 Å². The zero-order valence-corrected chi connectivity index (χ0v) is 10.1. The minimum Gasteiger partial charge on any atom is -0.497 e. The molecule has 0 aliphatic carbocycles. The van der Waals surface area contributed by atoms with Crippen molar-refractivity contribution in [2.75, 3.05) is 7.11 Å². The highest BCUT2D eigenvalue weighted by Crippen LogP contribution is 2.28. The van der Waals surface area contributed by atoms with Crippen molar-refractivity contribution in [1.82, 2.24) is 19.8 Å². The summed E-state index contributed by atoms with van der Waals surface area (Å²) in [6.45, 7) is 1.83. The number of hydrogen-bond donors (Lipinski definition) is 0. The second-order valence-corrected chi connectivity index (χ2v) is 4.04. The standard InChI is InChI=1S/C11H9ClN4O/c1-6-13-14-11-9-5-7(17-2)3-4-8(9)10(12)15-16(6)11/h3-5H,1-2H3. The molecule has 0 bridgehead atoms. The molecule has 0 aliphatic rings. The maximum atomic E-state index is 6.13. The topological polar surface area (TPSA) is 52.3 Å². The third-order valence-electron chi connectivity index (χ3n) is 2.67. The van der Waals surface area contributed by atoms with Gasteiger partial charge in [0.05, 0.1) is 7.11 Å². The Kier molecular flexibility index (Phi) is 2.16. The fraction of sp³-hybridized carbons (Fsp3) is 0.182. The molecule has 0 radical (unpaired) electrons. The van der Waals surface area contributed by atoms with Crippen LogP contribution in [0.5, 0.6) is 5.75 Å². The van der Waals surface area contributed by atoms with Gasteiger partial charge in [-0.05, 0) is 25.1 Å². The van der Waals surface area contributed by atoms with Gasteiger partial charge in [-0.15, -0.1) is 10.2 Å². The molecule has 3 aromatic rings. The molecule has 86 valence electrons. The maximum absolute atomic E-state index is 6.13. The van der Waals surface area contributed by atoms with Crippen molar-refractivity contribution >= 4 is 28.0 Å². The number of halogens is 1. The zero-order valence-electron chi connectivity index (χ0n) is 9.31. The van der Waals surface area contributed by atoms with Crippen molar-refractivity contribution < 1.29 is 4.74 Å². The summed E-state index contributed by atoms with van der Waals surface area (Å²) in [7, 11) is 1.62. The summed E-state index contributed by atoms with van der Waals surface area (Å²) in [4.78, 5) is 0. The van der Waals surface area contributed by atoms with Crippen LogP contribution in [0.1, 0.15) is 5.82 Å². The molecule has 0 saturated carbocycles. The number of benzene rings is 1. The van der Waals surface area contributed by atoms with Crippen LogP contribution in [-0.2, 0) is 0 Å². The Balaban J connectivity index is 2.52. The number of nitrogens with zero attached hydrogens (tertiary/aromatic N) is 4. The van der Waals surface area contributed by atoms with Crippen molar-refractivity contribution in [1.29, 1.82) is 0 Å². The number of aryl methyl sites for hydroxylation is 1. The van der Waals surface area contributed by atoms with E-state index in [1.807, 2.05) is 25.1 Å². The van der Waals surface area contributed by atoms with Crippen molar-refractivity contribution in [3.05, 3.63) is 29.2 Å². The summed E-state index contributed by atoms with van der Waals surface area (Å²) in [6.07, 6.45) is 0. The smallest absolute Gasteiger partial charge is 0.185 e. The third-order valence-corrected chi connectivity index (χ3v) is 2.95. The Morgan fingerprint density at radius 3 is 2.82 bits per heavy atom. The van der Waals surface area contributed by atoms with E-state index >= 15 is 0 Å². The van der Waals surface area contributed by atoms with E-state index in [9.17, 15) is 0 Å². The molecule has 1 aromatic carbocycles. The number of methoxy groups -OCH3 is 1. The van der Waals surface area contributed by atoms with E-state index in [0.717, 1.165) is 16.5 Å². The second kappa shape index (κ2) is 3.56. The van der Waals surface area contributed by atoms with E-state index in [0.29, 0.717) is 16.6 Å². The molecule has 0 atom stereocenters. The molecule has 2 aromatic heterocycles. The van der Waals surface area contributed by atoms with Crippen molar-refractivity contribution in [2.45, 2.75) is 6.92 Å². The molecule has 0 spiro atoms. The molecule has 0 saturated heterocycles. The minimum atomic E-state index is 0.429. The van der Waals surface area contributed by atoms with Gasteiger partial charge >= 0.3 is 0 Å². The van der Waals surface area contributed by atoms with Gasteiger partial charge in [-0.3, -0.25) is 0 Å². The van der Waals surface area contributed by atoms with Crippen molar-refractivity contribution in [3.63, 3.8) is 0 Å². The average molecular weight is 249 g/mol. The fourth-order valence-corrected chi connectivity index (χ4v) is 2.04. The molecular weight excluding hydrogens is 240 g/mol. The van der Waals surface area contributed by atoms with Gasteiger partial charge in [-0.1, -0.05) is 11.6 Å². The van der Waals surface area contributed by atoms with Crippen LogP contribution in [0.15, 0.2) is 18.2 Å². The first kappa shape index (κ1) is 10.3. The minimum absolute atomic E-state index is 0.429. The highest BCUT2D eigenvalue weighted by Gasteiger charge is 2.11. The van der Waals surface area contributed by atoms with Gasteiger partial charge in [0.15, 0.2) is 16.6 Å². The lowest BCUT2D eigenvalue weighted by atomic mass is 10.2. The van der Waals surface area contributed by atoms with Crippen LogP contribution < -0.4 is 4.74 Å². The summed E-state index contributed by atoms with van der Waals surface area (Å²) in [5.41, 5.74) is 0.681. The Hall–Kier alpha value is -1.88. The molecule has 0 N–H and O–H groups in total. The lowest BCUT2D eigenvalue weighted by Crippen LogP contribution is -1.96. The van der Waals surface area contributed by atoms with Crippen LogP contribution in [0.3, 0.4) is 0 Å². The Morgan fingerprint density at radius 1 is 1.24 bits per heavy atom. The summed E-state index contributed by atoms with van der Waals surface area (Å²) in [5.74, 6) is 1.45. The van der Waals surface area contributed by atoms with E-state index in [2.05, 4.69) is 15.3 Å². The average Bonchev–Trinajstić information content (AvgIpc) is 2.71. The number of ether oxygens (including phenoxy) is 1. The van der Waals surface area contributed by atoms with Crippen LogP contribution in [0, 0.1) is 6.92 Å². The molecule has 5 nitrogen and oxygen atoms in total. The lowest BCUT2D eigenvalue weighted by Gasteiger charge is -2.05. The van der Waals surface area contributed by atoms with E-state index in [1.165, 1.54) is 0 Å². The Labute approximate surface area is 102 Å². The zero-order chi connectivity index (χ0) is 12.0. The molecule has 0 aliphatic heterocycles. The molecule has 0 fully saturated rings. The monoisotopic (exact) mass is 248 g/mol. The van der Waals surface area contributed by atoms with Crippen LogP contribution in [0.25, 0.3) is 16.4 Å². The first-order valence-corrected chi connectivity index (χ1v) is 5.44. The molecule has 2 heterocycles. The summed E-state index contributed by atoms with van der Waals surface area (Å²) in [5, 5.41) is 14.5. The molecule has 0 amide bonds. The fourth-order valence-electron chi connectivity index (χ4n) is 1.80.